The van der Waals surface area contributed by atoms with Crippen LogP contribution in [-0.4, -0.2) is 62.1 Å². The maximum Gasteiger partial charge on any atom is 0.293 e. The van der Waals surface area contributed by atoms with E-state index in [4.69, 9.17) is 19.9 Å². The van der Waals surface area contributed by atoms with Crippen LogP contribution in [-0.2, 0) is 19.0 Å². The molecule has 4 heterocycles. The number of hydrogen-bond acceptors (Lipinski definition) is 9. The molecule has 23 heavy (non-hydrogen) atoms. The summed E-state index contributed by atoms with van der Waals surface area (Å²) < 4.78 is 17.4. The summed E-state index contributed by atoms with van der Waals surface area (Å²) in [4.78, 5) is 32.6. The zero-order valence-electron chi connectivity index (χ0n) is 11.7. The van der Waals surface area contributed by atoms with Gasteiger partial charge in [0, 0.05) is 0 Å². The van der Waals surface area contributed by atoms with E-state index in [9.17, 15) is 14.7 Å². The molecule has 4 rings (SSSR count). The number of nitrogens with zero attached hydrogens (tertiary/aromatic N) is 3. The number of nitrogens with one attached hydrogen (secondary N) is 1. The molecule has 2 fully saturated rings. The van der Waals surface area contributed by atoms with Crippen LogP contribution < -0.4 is 11.3 Å². The number of anilines is 1. The van der Waals surface area contributed by atoms with E-state index in [1.54, 1.807) is 0 Å². The van der Waals surface area contributed by atoms with Crippen molar-refractivity contribution in [3.8, 4) is 0 Å². The second-order valence-electron chi connectivity index (χ2n) is 5.48. The largest absolute Gasteiger partial charge is 0.465 e. The minimum absolute atomic E-state index is 0.0441. The molecule has 2 aliphatic rings. The molecular weight excluding hydrogens is 310 g/mol. The molecule has 0 saturated carbocycles. The number of rotatable bonds is 4. The summed E-state index contributed by atoms with van der Waals surface area (Å²) in [5.74, 6) is -0.0741. The average Bonchev–Trinajstić information content (AvgIpc) is 2.97. The van der Waals surface area contributed by atoms with Crippen molar-refractivity contribution in [3.63, 3.8) is 0 Å². The van der Waals surface area contributed by atoms with Gasteiger partial charge in [0.2, 0.25) is 5.95 Å². The number of H-pyrrole nitrogens is 1. The highest BCUT2D eigenvalue weighted by molar-refractivity contribution is 5.70. The minimum Gasteiger partial charge on any atom is -0.465 e. The molecule has 0 aromatic carbocycles. The Balaban J connectivity index is 1.74. The van der Waals surface area contributed by atoms with Gasteiger partial charge in [-0.05, 0) is 0 Å². The Kier molecular flexibility index (Phi) is 2.91. The van der Waals surface area contributed by atoms with E-state index in [1.165, 1.54) is 10.9 Å². The predicted octanol–water partition coefficient (Wildman–Crippen LogP) is -2.10. The number of imidazole rings is 1. The van der Waals surface area contributed by atoms with Crippen molar-refractivity contribution < 1.29 is 24.1 Å². The number of fused-ring (bicyclic) bond motifs is 2. The molecule has 11 nitrogen and oxygen atoms in total. The molecule has 4 atom stereocenters. The van der Waals surface area contributed by atoms with Crippen LogP contribution in [0.4, 0.5) is 5.95 Å². The summed E-state index contributed by atoms with van der Waals surface area (Å²) in [6, 6.07) is 0. The lowest BCUT2D eigenvalue weighted by Crippen LogP contribution is -2.61. The summed E-state index contributed by atoms with van der Waals surface area (Å²) >= 11 is 0. The van der Waals surface area contributed by atoms with Crippen LogP contribution in [0, 0.1) is 0 Å². The van der Waals surface area contributed by atoms with Crippen molar-refractivity contribution in [3.05, 3.63) is 16.7 Å². The molecular formula is C12H13N5O6. The third kappa shape index (κ3) is 1.87. The predicted molar refractivity (Wildman–Crippen MR) is 73.2 cm³/mol. The number of nitrogen functional groups attached to an aromatic ring is 1. The number of carbonyl (C=O) groups is 1. The van der Waals surface area contributed by atoms with Gasteiger partial charge in [0.15, 0.2) is 23.0 Å². The van der Waals surface area contributed by atoms with Crippen LogP contribution in [0.1, 0.15) is 6.23 Å². The monoisotopic (exact) mass is 323 g/mol. The molecule has 0 amide bonds. The van der Waals surface area contributed by atoms with Crippen LogP contribution in [0.15, 0.2) is 11.1 Å². The Bertz CT molecular complexity index is 833. The summed E-state index contributed by atoms with van der Waals surface area (Å²) in [6.45, 7) is 0.445. The van der Waals surface area contributed by atoms with E-state index < -0.39 is 29.6 Å². The van der Waals surface area contributed by atoms with Gasteiger partial charge in [-0.25, -0.2) is 4.98 Å². The molecule has 2 aromatic heterocycles. The number of ether oxygens (including phenoxy) is 3. The van der Waals surface area contributed by atoms with E-state index in [1.807, 2.05) is 0 Å². The second kappa shape index (κ2) is 4.75. The highest BCUT2D eigenvalue weighted by Gasteiger charge is 2.63. The molecule has 0 radical (unpaired) electrons. The van der Waals surface area contributed by atoms with Crippen molar-refractivity contribution in [1.29, 1.82) is 0 Å². The Hall–Kier alpha value is -2.50. The number of nitrogens with two attached hydrogens (primary N) is 1. The summed E-state index contributed by atoms with van der Waals surface area (Å²) in [5, 5.41) is 10.4. The lowest BCUT2D eigenvalue weighted by molar-refractivity contribution is -0.248. The molecule has 122 valence electrons. The normalized spacial score (nSPS) is 32.5. The van der Waals surface area contributed by atoms with Gasteiger partial charge in [-0.2, -0.15) is 4.98 Å². The van der Waals surface area contributed by atoms with Crippen molar-refractivity contribution in [2.75, 3.05) is 18.9 Å². The fourth-order valence-electron chi connectivity index (χ4n) is 3.02. The Morgan fingerprint density at radius 3 is 3.17 bits per heavy atom. The molecule has 2 aliphatic heterocycles. The second-order valence-corrected chi connectivity index (χ2v) is 5.48. The third-order valence-corrected chi connectivity index (χ3v) is 4.10. The lowest BCUT2D eigenvalue weighted by Gasteiger charge is -2.42. The number of aliphatic hydroxyl groups is 1. The number of aromatic amines is 1. The summed E-state index contributed by atoms with van der Waals surface area (Å²) in [6.07, 6.45) is -1.25. The van der Waals surface area contributed by atoms with Crippen molar-refractivity contribution >= 4 is 23.6 Å². The Morgan fingerprint density at radius 1 is 1.65 bits per heavy atom. The SMILES string of the molecule is Nc1nc2c(ncn2[C@@H]2O[C@@]3(COC=O)CO[C@H]3[C@H]2O)c(=O)[nH]1. The van der Waals surface area contributed by atoms with Crippen LogP contribution in [0.5, 0.6) is 0 Å². The summed E-state index contributed by atoms with van der Waals surface area (Å²) in [7, 11) is 0. The minimum atomic E-state index is -1.04. The molecule has 0 unspecified atom stereocenters. The van der Waals surface area contributed by atoms with Crippen LogP contribution >= 0.6 is 0 Å². The van der Waals surface area contributed by atoms with Gasteiger partial charge in [0.25, 0.3) is 12.0 Å². The molecule has 0 aliphatic carbocycles. The van der Waals surface area contributed by atoms with Crippen LogP contribution in [0.2, 0.25) is 0 Å². The highest BCUT2D eigenvalue weighted by Crippen LogP contribution is 2.46. The average molecular weight is 323 g/mol. The Morgan fingerprint density at radius 2 is 2.48 bits per heavy atom. The van der Waals surface area contributed by atoms with E-state index in [0.717, 1.165) is 0 Å². The first-order valence-electron chi connectivity index (χ1n) is 6.81. The van der Waals surface area contributed by atoms with Gasteiger partial charge in [0.1, 0.15) is 18.8 Å². The molecule has 4 N–H and O–H groups in total. The molecule has 0 spiro atoms. The van der Waals surface area contributed by atoms with E-state index in [2.05, 4.69) is 15.0 Å². The lowest BCUT2D eigenvalue weighted by atomic mass is 9.91. The fraction of sp³-hybridized carbons (Fsp3) is 0.500. The van der Waals surface area contributed by atoms with Crippen molar-refractivity contribution in [2.45, 2.75) is 24.0 Å². The third-order valence-electron chi connectivity index (χ3n) is 4.10. The first-order chi connectivity index (χ1) is 11.1. The van der Waals surface area contributed by atoms with Crippen LogP contribution in [0.3, 0.4) is 0 Å². The van der Waals surface area contributed by atoms with Gasteiger partial charge in [0.05, 0.1) is 12.9 Å². The van der Waals surface area contributed by atoms with E-state index in [-0.39, 0.29) is 30.3 Å². The van der Waals surface area contributed by atoms with Crippen LogP contribution in [0.25, 0.3) is 11.2 Å². The fourth-order valence-corrected chi connectivity index (χ4v) is 3.02. The number of carbonyl (C=O) groups excluding carboxylic acids is 1. The van der Waals surface area contributed by atoms with Crippen molar-refractivity contribution in [2.24, 2.45) is 0 Å². The molecule has 2 saturated heterocycles. The topological polar surface area (TPSA) is 155 Å². The standard InChI is InChI=1S/C12H13N5O6/c13-11-15-8-5(9(20)16-11)14-3-17(8)10-6(19)7-12(23-10,2-22-7)1-21-4-18/h3-4,6-7,10,19H,1-2H2,(H3,13,15,16,20)/t6-,7+,10-,12+/m1/s1. The number of aliphatic hydroxyl groups excluding tert-OH is 1. The number of hydrogen-bond donors (Lipinski definition) is 3. The maximum atomic E-state index is 11.8. The van der Waals surface area contributed by atoms with Crippen molar-refractivity contribution in [1.82, 2.24) is 19.5 Å². The zero-order valence-corrected chi connectivity index (χ0v) is 11.7. The Labute approximate surface area is 128 Å². The van der Waals surface area contributed by atoms with E-state index >= 15 is 0 Å². The molecule has 0 bridgehead atoms. The smallest absolute Gasteiger partial charge is 0.293 e. The summed E-state index contributed by atoms with van der Waals surface area (Å²) in [5.41, 5.74) is 4.40. The maximum absolute atomic E-state index is 11.8. The van der Waals surface area contributed by atoms with E-state index in [0.29, 0.717) is 6.47 Å². The van der Waals surface area contributed by atoms with Gasteiger partial charge in [-0.1, -0.05) is 0 Å². The quantitative estimate of drug-likeness (QED) is 0.537. The van der Waals surface area contributed by atoms with Gasteiger partial charge < -0.3 is 25.1 Å². The first kappa shape index (κ1) is 14.1. The van der Waals surface area contributed by atoms with Gasteiger partial charge in [-0.15, -0.1) is 0 Å². The zero-order chi connectivity index (χ0) is 16.2. The van der Waals surface area contributed by atoms with Gasteiger partial charge >= 0.3 is 0 Å². The molecule has 2 aromatic rings. The number of aromatic nitrogens is 4. The van der Waals surface area contributed by atoms with Gasteiger partial charge in [-0.3, -0.25) is 19.1 Å². The highest BCUT2D eigenvalue weighted by atomic mass is 16.7. The molecule has 11 heteroatoms. The first-order valence-corrected chi connectivity index (χ1v) is 6.81.